The number of hydrogen-bond acceptors (Lipinski definition) is 6. The highest BCUT2D eigenvalue weighted by Gasteiger charge is 2.36. The lowest BCUT2D eigenvalue weighted by Crippen LogP contribution is -2.55. The zero-order valence-electron chi connectivity index (χ0n) is 20.3. The summed E-state index contributed by atoms with van der Waals surface area (Å²) in [5.74, 6) is -0.583. The second-order valence-corrected chi connectivity index (χ2v) is 9.76. The summed E-state index contributed by atoms with van der Waals surface area (Å²) in [4.78, 5) is 26.4. The molecule has 0 saturated carbocycles. The first-order valence-corrected chi connectivity index (χ1v) is 11.7. The third-order valence-corrected chi connectivity index (χ3v) is 6.18. The zero-order valence-corrected chi connectivity index (χ0v) is 20.3. The summed E-state index contributed by atoms with van der Waals surface area (Å²) in [7, 11) is 0. The molecule has 1 amide bonds. The second-order valence-electron chi connectivity index (χ2n) is 9.76. The topological polar surface area (TPSA) is 98.0 Å². The molecule has 0 aliphatic carbocycles. The van der Waals surface area contributed by atoms with Crippen LogP contribution in [0.1, 0.15) is 49.9 Å². The monoisotopic (exact) mass is 476 g/mol. The first-order chi connectivity index (χ1) is 16.7. The number of carbonyl (C=O) groups is 1. The minimum absolute atomic E-state index is 0.0910. The Kier molecular flexibility index (Phi) is 6.95. The molecule has 2 heterocycles. The van der Waals surface area contributed by atoms with Crippen molar-refractivity contribution in [2.45, 2.75) is 33.0 Å². The molecule has 1 unspecified atom stereocenters. The number of aliphatic hydroxyl groups excluding tert-OH is 1. The lowest BCUT2D eigenvalue weighted by molar-refractivity contribution is -0.128. The normalized spacial score (nSPS) is 16.3. The molecule has 8 nitrogen and oxygen atoms in total. The van der Waals surface area contributed by atoms with Gasteiger partial charge < -0.3 is 15.5 Å². The van der Waals surface area contributed by atoms with Gasteiger partial charge in [-0.1, -0.05) is 81.4 Å². The van der Waals surface area contributed by atoms with Crippen molar-refractivity contribution >= 4 is 5.91 Å². The molecule has 3 aromatic rings. The Morgan fingerprint density at radius 2 is 1.60 bits per heavy atom. The van der Waals surface area contributed by atoms with E-state index in [0.29, 0.717) is 13.1 Å². The van der Waals surface area contributed by atoms with E-state index in [4.69, 9.17) is 0 Å². The summed E-state index contributed by atoms with van der Waals surface area (Å²) in [5, 5.41) is 26.7. The van der Waals surface area contributed by atoms with Gasteiger partial charge in [0.15, 0.2) is 12.0 Å². The SMILES string of the molecule is CC(C)(C)C(=O)NCCN1CN(C(c2ccccc2)c2ccccc2)n2ccc(=O)c(O)c2C1O. The number of amides is 1. The number of aromatic nitrogens is 1. The fourth-order valence-corrected chi connectivity index (χ4v) is 4.29. The van der Waals surface area contributed by atoms with E-state index in [1.54, 1.807) is 15.8 Å². The number of benzene rings is 2. The molecule has 0 bridgehead atoms. The number of nitrogens with zero attached hydrogens (tertiary/aromatic N) is 3. The lowest BCUT2D eigenvalue weighted by Gasteiger charge is -2.46. The number of nitrogens with one attached hydrogen (secondary N) is 1. The molecule has 8 heteroatoms. The van der Waals surface area contributed by atoms with Gasteiger partial charge in [0.2, 0.25) is 11.3 Å². The van der Waals surface area contributed by atoms with Crippen molar-refractivity contribution in [2.24, 2.45) is 5.41 Å². The van der Waals surface area contributed by atoms with Gasteiger partial charge in [-0.15, -0.1) is 0 Å². The first kappa shape index (κ1) is 24.5. The molecule has 1 aromatic heterocycles. The summed E-state index contributed by atoms with van der Waals surface area (Å²) < 4.78 is 1.66. The van der Waals surface area contributed by atoms with Crippen LogP contribution in [-0.2, 0) is 4.79 Å². The average molecular weight is 477 g/mol. The van der Waals surface area contributed by atoms with Gasteiger partial charge >= 0.3 is 0 Å². The molecule has 4 rings (SSSR count). The lowest BCUT2D eigenvalue weighted by atomic mass is 9.96. The molecular formula is C27H32N4O4. The molecule has 0 saturated heterocycles. The van der Waals surface area contributed by atoms with E-state index in [0.717, 1.165) is 11.1 Å². The third kappa shape index (κ3) is 5.08. The summed E-state index contributed by atoms with van der Waals surface area (Å²) >= 11 is 0. The van der Waals surface area contributed by atoms with Gasteiger partial charge in [0.05, 0.1) is 12.7 Å². The molecule has 3 N–H and O–H groups in total. The van der Waals surface area contributed by atoms with E-state index in [1.807, 2.05) is 86.4 Å². The first-order valence-electron chi connectivity index (χ1n) is 11.7. The summed E-state index contributed by atoms with van der Waals surface area (Å²) in [5.41, 5.74) is 1.04. The maximum Gasteiger partial charge on any atom is 0.225 e. The highest BCUT2D eigenvalue weighted by atomic mass is 16.3. The summed E-state index contributed by atoms with van der Waals surface area (Å²) in [6.45, 7) is 6.43. The van der Waals surface area contributed by atoms with E-state index in [9.17, 15) is 19.8 Å². The Labute approximate surface area is 205 Å². The van der Waals surface area contributed by atoms with Gasteiger partial charge in [0, 0.05) is 30.8 Å². The van der Waals surface area contributed by atoms with Gasteiger partial charge in [-0.05, 0) is 11.1 Å². The second kappa shape index (κ2) is 9.93. The Hall–Kier alpha value is -3.62. The van der Waals surface area contributed by atoms with Crippen LogP contribution in [0, 0.1) is 5.41 Å². The van der Waals surface area contributed by atoms with Crippen molar-refractivity contribution in [3.8, 4) is 5.75 Å². The Bertz CT molecular complexity index is 1180. The zero-order chi connectivity index (χ0) is 25.2. The molecular weight excluding hydrogens is 444 g/mol. The number of rotatable bonds is 6. The van der Waals surface area contributed by atoms with E-state index in [1.165, 1.54) is 6.07 Å². The molecule has 184 valence electrons. The number of fused-ring (bicyclic) bond motifs is 1. The Morgan fingerprint density at radius 3 is 2.14 bits per heavy atom. The molecule has 0 spiro atoms. The van der Waals surface area contributed by atoms with Crippen LogP contribution in [0.25, 0.3) is 0 Å². The van der Waals surface area contributed by atoms with E-state index in [2.05, 4.69) is 5.32 Å². The maximum absolute atomic E-state index is 12.3. The van der Waals surface area contributed by atoms with Crippen LogP contribution in [0.4, 0.5) is 0 Å². The van der Waals surface area contributed by atoms with E-state index < -0.39 is 22.8 Å². The van der Waals surface area contributed by atoms with E-state index >= 15 is 0 Å². The van der Waals surface area contributed by atoms with Crippen LogP contribution < -0.4 is 15.8 Å². The summed E-state index contributed by atoms with van der Waals surface area (Å²) in [6, 6.07) is 20.9. The number of hydrogen-bond donors (Lipinski definition) is 3. The van der Waals surface area contributed by atoms with Crippen molar-refractivity contribution in [2.75, 3.05) is 24.8 Å². The number of aliphatic hydroxyl groups is 1. The van der Waals surface area contributed by atoms with Crippen molar-refractivity contribution in [3.63, 3.8) is 0 Å². The van der Waals surface area contributed by atoms with Crippen molar-refractivity contribution in [3.05, 3.63) is 100.0 Å². The smallest absolute Gasteiger partial charge is 0.225 e. The Balaban J connectivity index is 1.75. The van der Waals surface area contributed by atoms with Crippen LogP contribution >= 0.6 is 0 Å². The molecule has 35 heavy (non-hydrogen) atoms. The molecule has 0 fully saturated rings. The van der Waals surface area contributed by atoms with Gasteiger partial charge in [-0.3, -0.25) is 24.2 Å². The Morgan fingerprint density at radius 1 is 1.03 bits per heavy atom. The largest absolute Gasteiger partial charge is 0.503 e. The molecule has 0 radical (unpaired) electrons. The highest BCUT2D eigenvalue weighted by Crippen LogP contribution is 2.35. The fourth-order valence-electron chi connectivity index (χ4n) is 4.29. The molecule has 2 aromatic carbocycles. The van der Waals surface area contributed by atoms with Crippen LogP contribution in [0.15, 0.2) is 77.7 Å². The molecule has 1 atom stereocenters. The number of carbonyl (C=O) groups excluding carboxylic acids is 1. The van der Waals surface area contributed by atoms with Crippen LogP contribution in [0.2, 0.25) is 0 Å². The standard InChI is InChI=1S/C27H32N4O4/c1-27(2,3)26(35)28-15-17-29-18-31(30-16-14-21(32)24(33)23(30)25(29)34)22(19-10-6-4-7-11-19)20-12-8-5-9-13-20/h4-14,16,22,25,33-34H,15,17-18H2,1-3H3,(H,28,35). The van der Waals surface area contributed by atoms with Crippen molar-refractivity contribution in [1.82, 2.24) is 14.9 Å². The van der Waals surface area contributed by atoms with Gasteiger partial charge in [0.1, 0.15) is 5.69 Å². The minimum atomic E-state index is -1.22. The fraction of sp³-hybridized carbons (Fsp3) is 0.333. The molecule has 1 aliphatic heterocycles. The number of pyridine rings is 1. The minimum Gasteiger partial charge on any atom is -0.503 e. The van der Waals surface area contributed by atoms with Crippen molar-refractivity contribution in [1.29, 1.82) is 0 Å². The van der Waals surface area contributed by atoms with Gasteiger partial charge in [-0.2, -0.15) is 0 Å². The summed E-state index contributed by atoms with van der Waals surface area (Å²) in [6.07, 6.45) is 0.358. The maximum atomic E-state index is 12.3. The predicted molar refractivity (Wildman–Crippen MR) is 134 cm³/mol. The van der Waals surface area contributed by atoms with Gasteiger partial charge in [0.25, 0.3) is 0 Å². The van der Waals surface area contributed by atoms with Gasteiger partial charge in [-0.25, -0.2) is 0 Å². The number of aromatic hydroxyl groups is 1. The van der Waals surface area contributed by atoms with Crippen LogP contribution in [0.5, 0.6) is 5.75 Å². The van der Waals surface area contributed by atoms with Crippen LogP contribution in [-0.4, -0.2) is 45.5 Å². The van der Waals surface area contributed by atoms with Crippen LogP contribution in [0.3, 0.4) is 0 Å². The van der Waals surface area contributed by atoms with E-state index in [-0.39, 0.29) is 24.3 Å². The highest BCUT2D eigenvalue weighted by molar-refractivity contribution is 5.81. The predicted octanol–water partition coefficient (Wildman–Crippen LogP) is 2.71. The molecule has 1 aliphatic rings. The average Bonchev–Trinajstić information content (AvgIpc) is 2.84. The van der Waals surface area contributed by atoms with Crippen molar-refractivity contribution < 1.29 is 15.0 Å². The quantitative estimate of drug-likeness (QED) is 0.506. The third-order valence-electron chi connectivity index (χ3n) is 6.18.